The molecule has 0 radical (unpaired) electrons. The Hall–Kier alpha value is -3.16. The first-order chi connectivity index (χ1) is 14.7. The van der Waals surface area contributed by atoms with Gasteiger partial charge in [0.15, 0.2) is 0 Å². The van der Waals surface area contributed by atoms with Crippen LogP contribution in [0.1, 0.15) is 44.4 Å². The Morgan fingerprint density at radius 2 is 2.03 bits per heavy atom. The average molecular weight is 423 g/mol. The van der Waals surface area contributed by atoms with Crippen LogP contribution in [0.3, 0.4) is 0 Å². The molecule has 164 valence electrons. The van der Waals surface area contributed by atoms with Crippen molar-refractivity contribution in [2.75, 3.05) is 31.9 Å². The van der Waals surface area contributed by atoms with Crippen LogP contribution in [0, 0.1) is 5.41 Å². The van der Waals surface area contributed by atoms with Crippen LogP contribution in [0.15, 0.2) is 25.1 Å². The molecule has 2 N–H and O–H groups in total. The number of nitrogens with zero attached hydrogens (tertiary/aromatic N) is 5. The summed E-state index contributed by atoms with van der Waals surface area (Å²) in [6.45, 7) is 12.0. The van der Waals surface area contributed by atoms with Gasteiger partial charge in [-0.15, -0.1) is 0 Å². The standard InChI is InChI=1S/C23H30N6O2/c1-6-17(31)28-9-7-15(11-28)20-18(19-21(24)25-13-26-22(19)27(20)5)16-8-10-29(14(2)30)12-23(16,3)4/h6,8,13,15H,1,7,9-12H2,2-5H3,(H2,24,25,26). The van der Waals surface area contributed by atoms with Crippen LogP contribution < -0.4 is 5.73 Å². The highest BCUT2D eigenvalue weighted by Gasteiger charge is 2.38. The van der Waals surface area contributed by atoms with E-state index in [1.807, 2.05) is 16.8 Å². The third kappa shape index (κ3) is 3.40. The Kier molecular flexibility index (Phi) is 5.11. The van der Waals surface area contributed by atoms with Crippen LogP contribution >= 0.6 is 0 Å². The van der Waals surface area contributed by atoms with Crippen molar-refractivity contribution < 1.29 is 9.59 Å². The van der Waals surface area contributed by atoms with E-state index in [-0.39, 0.29) is 23.1 Å². The minimum Gasteiger partial charge on any atom is -0.383 e. The highest BCUT2D eigenvalue weighted by Crippen LogP contribution is 2.47. The average Bonchev–Trinajstić information content (AvgIpc) is 3.30. The van der Waals surface area contributed by atoms with E-state index in [0.29, 0.717) is 32.0 Å². The third-order valence-electron chi connectivity index (χ3n) is 6.65. The second-order valence-corrected chi connectivity index (χ2v) is 9.15. The second-order valence-electron chi connectivity index (χ2n) is 9.15. The second kappa shape index (κ2) is 7.51. The molecular weight excluding hydrogens is 392 g/mol. The lowest BCUT2D eigenvalue weighted by atomic mass is 9.75. The number of hydrogen-bond acceptors (Lipinski definition) is 5. The zero-order valence-electron chi connectivity index (χ0n) is 18.7. The molecule has 2 aromatic heterocycles. The van der Waals surface area contributed by atoms with Gasteiger partial charge in [0.2, 0.25) is 11.8 Å². The minimum absolute atomic E-state index is 0.0450. The maximum Gasteiger partial charge on any atom is 0.245 e. The molecule has 2 amide bonds. The molecule has 0 saturated carbocycles. The number of carbonyl (C=O) groups excluding carboxylic acids is 2. The Balaban J connectivity index is 1.91. The lowest BCUT2D eigenvalue weighted by Crippen LogP contribution is -2.42. The largest absolute Gasteiger partial charge is 0.383 e. The van der Waals surface area contributed by atoms with Crippen molar-refractivity contribution in [1.82, 2.24) is 24.3 Å². The van der Waals surface area contributed by atoms with E-state index in [4.69, 9.17) is 5.73 Å². The molecule has 8 heteroatoms. The summed E-state index contributed by atoms with van der Waals surface area (Å²) < 4.78 is 2.10. The number of fused-ring (bicyclic) bond motifs is 1. The highest BCUT2D eigenvalue weighted by atomic mass is 16.2. The van der Waals surface area contributed by atoms with Gasteiger partial charge in [0.25, 0.3) is 0 Å². The Morgan fingerprint density at radius 3 is 2.68 bits per heavy atom. The van der Waals surface area contributed by atoms with Crippen LogP contribution in [0.5, 0.6) is 0 Å². The molecule has 2 aliphatic heterocycles. The van der Waals surface area contributed by atoms with Crippen LogP contribution in [0.25, 0.3) is 16.6 Å². The Morgan fingerprint density at radius 1 is 1.29 bits per heavy atom. The van der Waals surface area contributed by atoms with Gasteiger partial charge in [-0.25, -0.2) is 9.97 Å². The van der Waals surface area contributed by atoms with Gasteiger partial charge in [-0.3, -0.25) is 9.59 Å². The number of nitrogens with two attached hydrogens (primary N) is 1. The molecule has 4 rings (SSSR count). The number of likely N-dealkylation sites (tertiary alicyclic amines) is 1. The minimum atomic E-state index is -0.273. The summed E-state index contributed by atoms with van der Waals surface area (Å²) in [4.78, 5) is 36.7. The predicted octanol–water partition coefficient (Wildman–Crippen LogP) is 2.32. The van der Waals surface area contributed by atoms with Crippen LogP contribution in [0.2, 0.25) is 0 Å². The van der Waals surface area contributed by atoms with E-state index in [2.05, 4.69) is 41.0 Å². The molecule has 4 heterocycles. The van der Waals surface area contributed by atoms with E-state index in [0.717, 1.165) is 34.3 Å². The van der Waals surface area contributed by atoms with Crippen LogP contribution in [0.4, 0.5) is 5.82 Å². The first kappa shape index (κ1) is 21.1. The molecule has 1 saturated heterocycles. The van der Waals surface area contributed by atoms with Gasteiger partial charge >= 0.3 is 0 Å². The molecule has 2 aromatic rings. The predicted molar refractivity (Wildman–Crippen MR) is 121 cm³/mol. The molecule has 2 aliphatic rings. The smallest absolute Gasteiger partial charge is 0.245 e. The monoisotopic (exact) mass is 422 g/mol. The van der Waals surface area contributed by atoms with Gasteiger partial charge in [-0.1, -0.05) is 26.5 Å². The molecule has 8 nitrogen and oxygen atoms in total. The molecule has 0 aliphatic carbocycles. The summed E-state index contributed by atoms with van der Waals surface area (Å²) >= 11 is 0. The summed E-state index contributed by atoms with van der Waals surface area (Å²) in [6, 6.07) is 0. The lowest BCUT2D eigenvalue weighted by Gasteiger charge is -2.39. The molecule has 0 spiro atoms. The van der Waals surface area contributed by atoms with Crippen molar-refractivity contribution in [2.24, 2.45) is 12.5 Å². The first-order valence-electron chi connectivity index (χ1n) is 10.6. The van der Waals surface area contributed by atoms with E-state index < -0.39 is 0 Å². The fourth-order valence-electron chi connectivity index (χ4n) is 5.14. The molecule has 1 unspecified atom stereocenters. The fourth-order valence-corrected chi connectivity index (χ4v) is 5.14. The Bertz CT molecular complexity index is 1110. The van der Waals surface area contributed by atoms with E-state index in [1.165, 1.54) is 12.4 Å². The third-order valence-corrected chi connectivity index (χ3v) is 6.65. The quantitative estimate of drug-likeness (QED) is 0.766. The van der Waals surface area contributed by atoms with E-state index in [1.54, 1.807) is 6.92 Å². The number of nitrogen functional groups attached to an aromatic ring is 1. The van der Waals surface area contributed by atoms with Gasteiger partial charge in [-0.2, -0.15) is 0 Å². The number of rotatable bonds is 3. The number of anilines is 1. The summed E-state index contributed by atoms with van der Waals surface area (Å²) in [6.07, 6.45) is 5.86. The van der Waals surface area contributed by atoms with E-state index >= 15 is 0 Å². The van der Waals surface area contributed by atoms with Crippen molar-refractivity contribution in [3.05, 3.63) is 36.3 Å². The normalized spacial score (nSPS) is 20.8. The SMILES string of the molecule is C=CC(=O)N1CCC(c2c(C3=CCN(C(C)=O)CC3(C)C)c3c(N)ncnc3n2C)C1. The first-order valence-corrected chi connectivity index (χ1v) is 10.6. The zero-order valence-corrected chi connectivity index (χ0v) is 18.7. The Labute approximate surface area is 182 Å². The van der Waals surface area contributed by atoms with Gasteiger partial charge < -0.3 is 20.1 Å². The number of amides is 2. The summed E-state index contributed by atoms with van der Waals surface area (Å²) in [5.41, 5.74) is 10.2. The molecule has 1 fully saturated rings. The summed E-state index contributed by atoms with van der Waals surface area (Å²) in [5.74, 6) is 0.625. The maximum atomic E-state index is 12.2. The van der Waals surface area contributed by atoms with Crippen molar-refractivity contribution in [3.63, 3.8) is 0 Å². The molecule has 1 atom stereocenters. The number of hydrogen-bond donors (Lipinski definition) is 1. The van der Waals surface area contributed by atoms with Gasteiger partial charge in [-0.05, 0) is 18.1 Å². The lowest BCUT2D eigenvalue weighted by molar-refractivity contribution is -0.129. The van der Waals surface area contributed by atoms with Crippen molar-refractivity contribution in [3.8, 4) is 0 Å². The molecule has 0 bridgehead atoms. The van der Waals surface area contributed by atoms with Crippen molar-refractivity contribution in [2.45, 2.75) is 33.1 Å². The number of carbonyl (C=O) groups is 2. The molecular formula is C23H30N6O2. The summed E-state index contributed by atoms with van der Waals surface area (Å²) in [5, 5.41) is 0.851. The van der Waals surface area contributed by atoms with Gasteiger partial charge in [0, 0.05) is 62.7 Å². The van der Waals surface area contributed by atoms with Crippen molar-refractivity contribution >= 4 is 34.2 Å². The maximum absolute atomic E-state index is 12.2. The van der Waals surface area contributed by atoms with Gasteiger partial charge in [0.1, 0.15) is 17.8 Å². The molecule has 0 aromatic carbocycles. The number of aromatic nitrogens is 3. The number of aryl methyl sites for hydroxylation is 1. The zero-order chi connectivity index (χ0) is 22.5. The van der Waals surface area contributed by atoms with Crippen molar-refractivity contribution in [1.29, 1.82) is 0 Å². The van der Waals surface area contributed by atoms with E-state index in [9.17, 15) is 9.59 Å². The molecule has 31 heavy (non-hydrogen) atoms. The fraction of sp³-hybridized carbons (Fsp3) is 0.478. The topological polar surface area (TPSA) is 97.3 Å². The summed E-state index contributed by atoms with van der Waals surface area (Å²) in [7, 11) is 2.00. The van der Waals surface area contributed by atoms with Crippen LogP contribution in [-0.2, 0) is 16.6 Å². The van der Waals surface area contributed by atoms with Crippen LogP contribution in [-0.4, -0.2) is 62.3 Å². The highest BCUT2D eigenvalue weighted by molar-refractivity contribution is 6.00. The van der Waals surface area contributed by atoms with Gasteiger partial charge in [0.05, 0.1) is 5.39 Å².